The van der Waals surface area contributed by atoms with Gasteiger partial charge in [-0.1, -0.05) is 0 Å². The lowest BCUT2D eigenvalue weighted by Gasteiger charge is -2.38. The molecule has 3 aromatic heterocycles. The first-order chi connectivity index (χ1) is 18.6. The summed E-state index contributed by atoms with van der Waals surface area (Å²) in [7, 11) is 0. The predicted molar refractivity (Wildman–Crippen MR) is 145 cm³/mol. The van der Waals surface area contributed by atoms with E-state index in [1.165, 1.54) is 0 Å². The van der Waals surface area contributed by atoms with E-state index in [1.807, 2.05) is 24.3 Å². The number of urea groups is 1. The topological polar surface area (TPSA) is 104 Å². The summed E-state index contributed by atoms with van der Waals surface area (Å²) in [4.78, 5) is 50.5. The second-order valence-electron chi connectivity index (χ2n) is 10.6. The van der Waals surface area contributed by atoms with Gasteiger partial charge in [-0.15, -0.1) is 0 Å². The van der Waals surface area contributed by atoms with Crippen molar-refractivity contribution in [2.75, 3.05) is 49.1 Å². The van der Waals surface area contributed by atoms with Gasteiger partial charge in [-0.25, -0.2) is 14.8 Å². The summed E-state index contributed by atoms with van der Waals surface area (Å²) in [6, 6.07) is 7.69. The van der Waals surface area contributed by atoms with Gasteiger partial charge < -0.3 is 14.4 Å². The summed E-state index contributed by atoms with van der Waals surface area (Å²) in [6.45, 7) is 5.65. The zero-order valence-electron chi connectivity index (χ0n) is 21.5. The number of nitrogens with zero attached hydrogens (tertiary/aromatic N) is 6. The Morgan fingerprint density at radius 1 is 0.947 bits per heavy atom. The lowest BCUT2D eigenvalue weighted by Crippen LogP contribution is -2.49. The van der Waals surface area contributed by atoms with Gasteiger partial charge in [-0.3, -0.25) is 19.8 Å². The van der Waals surface area contributed by atoms with E-state index in [0.717, 1.165) is 87.2 Å². The molecule has 198 valence electrons. The van der Waals surface area contributed by atoms with Crippen LogP contribution in [0.5, 0.6) is 0 Å². The lowest BCUT2D eigenvalue weighted by molar-refractivity contribution is -0.120. The maximum Gasteiger partial charge on any atom is 0.328 e. The van der Waals surface area contributed by atoms with Gasteiger partial charge in [0, 0.05) is 81.3 Å². The maximum absolute atomic E-state index is 12.4. The van der Waals surface area contributed by atoms with Crippen molar-refractivity contribution in [3.63, 3.8) is 0 Å². The zero-order valence-corrected chi connectivity index (χ0v) is 21.5. The number of carbonyl (C=O) groups is 3. The molecule has 0 bridgehead atoms. The van der Waals surface area contributed by atoms with Crippen molar-refractivity contribution in [3.8, 4) is 0 Å². The zero-order chi connectivity index (χ0) is 26.1. The second kappa shape index (κ2) is 10.5. The van der Waals surface area contributed by atoms with E-state index in [-0.39, 0.29) is 11.9 Å². The molecule has 38 heavy (non-hydrogen) atoms. The van der Waals surface area contributed by atoms with Crippen molar-refractivity contribution in [1.29, 1.82) is 0 Å². The van der Waals surface area contributed by atoms with E-state index in [9.17, 15) is 14.4 Å². The summed E-state index contributed by atoms with van der Waals surface area (Å²) in [6.07, 6.45) is 11.1. The van der Waals surface area contributed by atoms with Gasteiger partial charge in [0.1, 0.15) is 11.5 Å². The van der Waals surface area contributed by atoms with Crippen molar-refractivity contribution < 1.29 is 14.4 Å². The van der Waals surface area contributed by atoms with Gasteiger partial charge in [-0.05, 0) is 55.9 Å². The molecule has 0 atom stereocenters. The fourth-order valence-electron chi connectivity index (χ4n) is 6.11. The van der Waals surface area contributed by atoms with Crippen molar-refractivity contribution in [2.45, 2.75) is 38.1 Å². The maximum atomic E-state index is 12.4. The number of fused-ring (bicyclic) bond motifs is 1. The van der Waals surface area contributed by atoms with E-state index in [4.69, 9.17) is 0 Å². The van der Waals surface area contributed by atoms with Gasteiger partial charge >= 0.3 is 6.03 Å². The van der Waals surface area contributed by atoms with E-state index in [1.54, 1.807) is 17.3 Å². The van der Waals surface area contributed by atoms with Gasteiger partial charge in [0.05, 0.1) is 5.69 Å². The molecule has 0 unspecified atom stereocenters. The highest BCUT2D eigenvalue weighted by Gasteiger charge is 2.29. The van der Waals surface area contributed by atoms with Crippen molar-refractivity contribution in [2.24, 2.45) is 5.92 Å². The molecule has 1 N–H and O–H groups in total. The van der Waals surface area contributed by atoms with Crippen LogP contribution in [0.3, 0.4) is 0 Å². The average molecular weight is 516 g/mol. The number of rotatable bonds is 6. The summed E-state index contributed by atoms with van der Waals surface area (Å²) in [5.41, 5.74) is 2.31. The number of nitrogens with one attached hydrogen (secondary N) is 1. The number of likely N-dealkylation sites (tertiary alicyclic amines) is 1. The molecule has 3 aromatic rings. The minimum Gasteiger partial charge on any atom is -0.357 e. The molecule has 0 radical (unpaired) electrons. The molecule has 10 heteroatoms. The largest absolute Gasteiger partial charge is 0.357 e. The Bertz CT molecular complexity index is 1320. The lowest BCUT2D eigenvalue weighted by atomic mass is 9.94. The molecule has 0 saturated carbocycles. The van der Waals surface area contributed by atoms with Crippen LogP contribution in [0.25, 0.3) is 11.0 Å². The average Bonchev–Trinajstić information content (AvgIpc) is 3.39. The first-order valence-corrected chi connectivity index (χ1v) is 13.5. The second-order valence-corrected chi connectivity index (χ2v) is 10.6. The van der Waals surface area contributed by atoms with Gasteiger partial charge in [0.15, 0.2) is 6.29 Å². The highest BCUT2D eigenvalue weighted by Crippen LogP contribution is 2.33. The molecule has 0 aromatic carbocycles. The van der Waals surface area contributed by atoms with Crippen LogP contribution in [0.1, 0.15) is 48.5 Å². The number of carbonyl (C=O) groups excluding carboxylic acids is 3. The summed E-state index contributed by atoms with van der Waals surface area (Å²) in [5.74, 6) is 1.42. The Labute approximate surface area is 221 Å². The summed E-state index contributed by atoms with van der Waals surface area (Å²) < 4.78 is 2.27. The molecule has 6 rings (SSSR count). The molecule has 3 amide bonds. The number of aldehydes is 1. The van der Waals surface area contributed by atoms with Crippen LogP contribution in [-0.4, -0.2) is 76.9 Å². The Hall–Kier alpha value is -3.79. The fourth-order valence-corrected chi connectivity index (χ4v) is 6.11. The third-order valence-corrected chi connectivity index (χ3v) is 8.25. The fraction of sp³-hybridized carbons (Fsp3) is 0.464. The smallest absolute Gasteiger partial charge is 0.328 e. The molecule has 3 aliphatic rings. The van der Waals surface area contributed by atoms with Crippen LogP contribution in [0, 0.1) is 5.92 Å². The Balaban J connectivity index is 1.04. The number of aromatic nitrogens is 3. The third kappa shape index (κ3) is 4.88. The van der Waals surface area contributed by atoms with Gasteiger partial charge in [0.2, 0.25) is 5.91 Å². The van der Waals surface area contributed by atoms with Crippen molar-refractivity contribution >= 4 is 40.8 Å². The SMILES string of the molecule is O=Cc1ccc(N2CCC(CN3CCC(n4ccc5c(N6CCC(=O)NC6=O)ccnc54)CC3)CC2)nc1. The van der Waals surface area contributed by atoms with E-state index < -0.39 is 0 Å². The first-order valence-electron chi connectivity index (χ1n) is 13.5. The summed E-state index contributed by atoms with van der Waals surface area (Å²) in [5, 5.41) is 3.36. The summed E-state index contributed by atoms with van der Waals surface area (Å²) >= 11 is 0. The molecule has 0 spiro atoms. The minimum atomic E-state index is -0.368. The first kappa shape index (κ1) is 24.5. The number of piperidine rings is 2. The molecular formula is C28H33N7O3. The Kier molecular flexibility index (Phi) is 6.80. The Morgan fingerprint density at radius 3 is 2.47 bits per heavy atom. The molecule has 3 saturated heterocycles. The van der Waals surface area contributed by atoms with E-state index in [0.29, 0.717) is 30.5 Å². The highest BCUT2D eigenvalue weighted by molar-refractivity contribution is 6.09. The third-order valence-electron chi connectivity index (χ3n) is 8.25. The Morgan fingerprint density at radius 2 is 1.76 bits per heavy atom. The van der Waals surface area contributed by atoms with E-state index in [2.05, 4.69) is 35.8 Å². The van der Waals surface area contributed by atoms with Gasteiger partial charge in [0.25, 0.3) is 0 Å². The van der Waals surface area contributed by atoms with Crippen LogP contribution in [0.4, 0.5) is 16.3 Å². The molecular weight excluding hydrogens is 482 g/mol. The van der Waals surface area contributed by atoms with Crippen LogP contribution in [0.2, 0.25) is 0 Å². The van der Waals surface area contributed by atoms with Crippen molar-refractivity contribution in [3.05, 3.63) is 48.4 Å². The molecule has 3 fully saturated rings. The minimum absolute atomic E-state index is 0.228. The van der Waals surface area contributed by atoms with Crippen LogP contribution in [-0.2, 0) is 4.79 Å². The number of pyridine rings is 2. The van der Waals surface area contributed by atoms with Crippen molar-refractivity contribution in [1.82, 2.24) is 24.8 Å². The quantitative estimate of drug-likeness (QED) is 0.503. The van der Waals surface area contributed by atoms with Gasteiger partial charge in [-0.2, -0.15) is 0 Å². The number of anilines is 2. The van der Waals surface area contributed by atoms with Crippen LogP contribution < -0.4 is 15.1 Å². The number of hydrogen-bond acceptors (Lipinski definition) is 7. The standard InChI is InChI=1S/C28H33N7O3/c36-19-21-1-2-25(30-17-21)33-13-4-20(5-14-33)18-32-11-6-22(7-12-32)34-15-8-23-24(3-10-29-27(23)34)35-16-9-26(37)31-28(35)38/h1-3,8,10,15,17,19-20,22H,4-7,9,11-14,16,18H2,(H,31,37,38). The molecule has 6 heterocycles. The van der Waals surface area contributed by atoms with E-state index >= 15 is 0 Å². The molecule has 0 aliphatic carbocycles. The van der Waals surface area contributed by atoms with Crippen LogP contribution >= 0.6 is 0 Å². The number of hydrogen-bond donors (Lipinski definition) is 1. The number of imide groups is 1. The molecule has 3 aliphatic heterocycles. The number of amides is 3. The normalized spacial score (nSPS) is 20.2. The van der Waals surface area contributed by atoms with Crippen LogP contribution in [0.15, 0.2) is 42.9 Å². The molecule has 10 nitrogen and oxygen atoms in total. The monoisotopic (exact) mass is 515 g/mol. The highest BCUT2D eigenvalue weighted by atomic mass is 16.2. The predicted octanol–water partition coefficient (Wildman–Crippen LogP) is 3.24.